The van der Waals surface area contributed by atoms with Crippen LogP contribution in [-0.4, -0.2) is 46.7 Å². The number of carbonyl (C=O) groups excluding carboxylic acids is 2. The minimum absolute atomic E-state index is 0.0424. The summed E-state index contributed by atoms with van der Waals surface area (Å²) in [5.74, 6) is 0.298. The van der Waals surface area contributed by atoms with Crippen LogP contribution in [0.3, 0.4) is 0 Å². The van der Waals surface area contributed by atoms with Crippen molar-refractivity contribution >= 4 is 28.9 Å². The molecule has 0 bridgehead atoms. The molecule has 0 spiro atoms. The molecule has 2 aromatic heterocycles. The maximum absolute atomic E-state index is 13.0. The van der Waals surface area contributed by atoms with E-state index < -0.39 is 5.97 Å². The molecule has 1 aliphatic heterocycles. The summed E-state index contributed by atoms with van der Waals surface area (Å²) in [6.45, 7) is 1.48. The third-order valence-corrected chi connectivity index (χ3v) is 6.44. The molecule has 3 heterocycles. The van der Waals surface area contributed by atoms with Crippen molar-refractivity contribution in [1.82, 2.24) is 14.6 Å². The largest absolute Gasteiger partial charge is 0.465 e. The molecule has 8 heteroatoms. The van der Waals surface area contributed by atoms with Crippen molar-refractivity contribution < 1.29 is 14.3 Å². The Morgan fingerprint density at radius 3 is 2.94 bits per heavy atom. The number of amides is 1. The molecular formula is C24H27N5O3. The van der Waals surface area contributed by atoms with Gasteiger partial charge in [-0.15, -0.1) is 0 Å². The zero-order valence-corrected chi connectivity index (χ0v) is 18.2. The number of ether oxygens (including phenoxy) is 1. The van der Waals surface area contributed by atoms with Gasteiger partial charge >= 0.3 is 5.97 Å². The fourth-order valence-corrected chi connectivity index (χ4v) is 4.85. The maximum atomic E-state index is 13.0. The van der Waals surface area contributed by atoms with Gasteiger partial charge in [-0.2, -0.15) is 5.10 Å². The average Bonchev–Trinajstić information content (AvgIpc) is 3.22. The molecule has 1 aromatic carbocycles. The molecule has 0 saturated carbocycles. The van der Waals surface area contributed by atoms with Gasteiger partial charge in [-0.3, -0.25) is 4.79 Å². The van der Waals surface area contributed by atoms with Crippen LogP contribution in [0.1, 0.15) is 47.3 Å². The summed E-state index contributed by atoms with van der Waals surface area (Å²) in [6, 6.07) is 6.84. The molecule has 1 fully saturated rings. The van der Waals surface area contributed by atoms with Crippen LogP contribution >= 0.6 is 0 Å². The Kier molecular flexibility index (Phi) is 5.51. The number of nitrogens with zero attached hydrogens (tertiary/aromatic N) is 4. The predicted octanol–water partition coefficient (Wildman–Crippen LogP) is 3.25. The van der Waals surface area contributed by atoms with Crippen LogP contribution < -0.4 is 10.2 Å². The third kappa shape index (κ3) is 3.81. The van der Waals surface area contributed by atoms with E-state index in [1.165, 1.54) is 31.2 Å². The van der Waals surface area contributed by atoms with Crippen LogP contribution in [0.2, 0.25) is 0 Å². The van der Waals surface area contributed by atoms with Crippen molar-refractivity contribution in [2.75, 3.05) is 30.4 Å². The van der Waals surface area contributed by atoms with Crippen LogP contribution in [0, 0.1) is 5.92 Å². The quantitative estimate of drug-likeness (QED) is 0.636. The first-order valence-electron chi connectivity index (χ1n) is 11.2. The first kappa shape index (κ1) is 20.5. The number of carbonyl (C=O) groups is 2. The minimum atomic E-state index is -0.423. The second-order valence-electron chi connectivity index (χ2n) is 8.52. The first-order chi connectivity index (χ1) is 15.6. The SMILES string of the molecule is COC(=O)c1cccc(NC(=O)[C@@H]2CCCN(c3nccn4nc5c(c34)CCCC5)C2)c1. The highest BCUT2D eigenvalue weighted by molar-refractivity contribution is 5.96. The summed E-state index contributed by atoms with van der Waals surface area (Å²) in [6.07, 6.45) is 9.86. The van der Waals surface area contributed by atoms with Crippen molar-refractivity contribution in [3.63, 3.8) is 0 Å². The summed E-state index contributed by atoms with van der Waals surface area (Å²) >= 11 is 0. The van der Waals surface area contributed by atoms with E-state index in [-0.39, 0.29) is 11.8 Å². The Balaban J connectivity index is 1.36. The normalized spacial score (nSPS) is 18.3. The van der Waals surface area contributed by atoms with E-state index in [1.807, 2.05) is 10.7 Å². The van der Waals surface area contributed by atoms with E-state index in [9.17, 15) is 9.59 Å². The van der Waals surface area contributed by atoms with Crippen LogP contribution in [0.4, 0.5) is 11.5 Å². The molecule has 0 radical (unpaired) electrons. The van der Waals surface area contributed by atoms with Gasteiger partial charge in [-0.05, 0) is 56.7 Å². The number of esters is 1. The number of aryl methyl sites for hydroxylation is 2. The summed E-state index contributed by atoms with van der Waals surface area (Å²) in [5, 5.41) is 7.75. The van der Waals surface area contributed by atoms with Crippen LogP contribution in [0.25, 0.3) is 5.52 Å². The van der Waals surface area contributed by atoms with E-state index in [0.29, 0.717) is 17.8 Å². The monoisotopic (exact) mass is 433 g/mol. The zero-order valence-electron chi connectivity index (χ0n) is 18.2. The van der Waals surface area contributed by atoms with Gasteiger partial charge in [-0.1, -0.05) is 6.07 Å². The number of hydrogen-bond donors (Lipinski definition) is 1. The maximum Gasteiger partial charge on any atom is 0.337 e. The van der Waals surface area contributed by atoms with Gasteiger partial charge in [0, 0.05) is 36.7 Å². The Morgan fingerprint density at radius 1 is 1.19 bits per heavy atom. The molecule has 0 unspecified atom stereocenters. The average molecular weight is 434 g/mol. The van der Waals surface area contributed by atoms with Gasteiger partial charge in [0.15, 0.2) is 5.82 Å². The Morgan fingerprint density at radius 2 is 2.06 bits per heavy atom. The number of hydrogen-bond acceptors (Lipinski definition) is 6. The summed E-state index contributed by atoms with van der Waals surface area (Å²) in [7, 11) is 1.34. The molecule has 8 nitrogen and oxygen atoms in total. The zero-order chi connectivity index (χ0) is 22.1. The number of rotatable bonds is 4. The lowest BCUT2D eigenvalue weighted by Gasteiger charge is -2.33. The number of benzene rings is 1. The third-order valence-electron chi connectivity index (χ3n) is 6.44. The van der Waals surface area contributed by atoms with Crippen LogP contribution in [0.5, 0.6) is 0 Å². The van der Waals surface area contributed by atoms with Crippen molar-refractivity contribution in [2.24, 2.45) is 5.92 Å². The first-order valence-corrected chi connectivity index (χ1v) is 11.2. The number of aromatic nitrogens is 3. The van der Waals surface area contributed by atoms with E-state index in [4.69, 9.17) is 14.8 Å². The lowest BCUT2D eigenvalue weighted by Crippen LogP contribution is -2.41. The lowest BCUT2D eigenvalue weighted by atomic mass is 9.95. The second kappa shape index (κ2) is 8.61. The molecule has 3 aromatic rings. The predicted molar refractivity (Wildman–Crippen MR) is 121 cm³/mol. The molecule has 2 aliphatic rings. The summed E-state index contributed by atoms with van der Waals surface area (Å²) in [4.78, 5) is 31.8. The van der Waals surface area contributed by atoms with Gasteiger partial charge in [0.2, 0.25) is 5.91 Å². The van der Waals surface area contributed by atoms with Crippen LogP contribution in [0.15, 0.2) is 36.7 Å². The fraction of sp³-hybridized carbons (Fsp3) is 0.417. The fourth-order valence-electron chi connectivity index (χ4n) is 4.85. The van der Waals surface area contributed by atoms with Gasteiger partial charge in [0.05, 0.1) is 24.3 Å². The molecule has 1 amide bonds. The standard InChI is InChI=1S/C24H27N5O3/c1-32-24(31)16-6-4-8-18(14-16)26-23(30)17-7-5-12-28(15-17)22-21-19-9-2-3-10-20(19)27-29(21)13-11-25-22/h4,6,8,11,13-14,17H,2-3,5,7,9-10,12,15H2,1H3,(H,26,30)/t17-/m1/s1. The Hall–Kier alpha value is -3.42. The van der Waals surface area contributed by atoms with Crippen molar-refractivity contribution in [1.29, 1.82) is 0 Å². The molecule has 1 atom stereocenters. The highest BCUT2D eigenvalue weighted by atomic mass is 16.5. The molecule has 1 aliphatic carbocycles. The number of piperidine rings is 1. The van der Waals surface area contributed by atoms with E-state index in [1.54, 1.807) is 30.5 Å². The van der Waals surface area contributed by atoms with Gasteiger partial charge in [0.25, 0.3) is 0 Å². The van der Waals surface area contributed by atoms with Crippen LogP contribution in [-0.2, 0) is 22.4 Å². The van der Waals surface area contributed by atoms with Crippen molar-refractivity contribution in [3.05, 3.63) is 53.5 Å². The molecule has 5 rings (SSSR count). The highest BCUT2D eigenvalue weighted by Gasteiger charge is 2.29. The van der Waals surface area contributed by atoms with E-state index in [0.717, 1.165) is 43.6 Å². The minimum Gasteiger partial charge on any atom is -0.465 e. The van der Waals surface area contributed by atoms with Crippen molar-refractivity contribution in [3.8, 4) is 0 Å². The second-order valence-corrected chi connectivity index (χ2v) is 8.52. The Bertz CT molecular complexity index is 1170. The topological polar surface area (TPSA) is 88.8 Å². The van der Waals surface area contributed by atoms with Gasteiger partial charge in [0.1, 0.15) is 5.52 Å². The molecule has 166 valence electrons. The number of nitrogens with one attached hydrogen (secondary N) is 1. The van der Waals surface area contributed by atoms with Gasteiger partial charge in [-0.25, -0.2) is 14.3 Å². The molecule has 32 heavy (non-hydrogen) atoms. The molecule has 1 saturated heterocycles. The molecule has 1 N–H and O–H groups in total. The number of methoxy groups -OCH3 is 1. The van der Waals surface area contributed by atoms with Crippen molar-refractivity contribution in [2.45, 2.75) is 38.5 Å². The molecular weight excluding hydrogens is 406 g/mol. The van der Waals surface area contributed by atoms with E-state index in [2.05, 4.69) is 10.2 Å². The highest BCUT2D eigenvalue weighted by Crippen LogP contribution is 2.32. The number of anilines is 2. The number of fused-ring (bicyclic) bond motifs is 3. The van der Waals surface area contributed by atoms with Gasteiger partial charge < -0.3 is 15.0 Å². The summed E-state index contributed by atoms with van der Waals surface area (Å²) < 4.78 is 6.73. The smallest absolute Gasteiger partial charge is 0.337 e. The van der Waals surface area contributed by atoms with E-state index >= 15 is 0 Å². The lowest BCUT2D eigenvalue weighted by molar-refractivity contribution is -0.120. The Labute approximate surface area is 186 Å². The summed E-state index contributed by atoms with van der Waals surface area (Å²) in [5.41, 5.74) is 4.60.